The van der Waals surface area contributed by atoms with Crippen molar-refractivity contribution in [1.29, 1.82) is 0 Å². The van der Waals surface area contributed by atoms with Gasteiger partial charge in [-0.3, -0.25) is 4.79 Å². The zero-order valence-electron chi connectivity index (χ0n) is 10.5. The molecule has 9 heteroatoms. The summed E-state index contributed by atoms with van der Waals surface area (Å²) >= 11 is 4.96. The van der Waals surface area contributed by atoms with Gasteiger partial charge >= 0.3 is 18.7 Å². The van der Waals surface area contributed by atoms with Crippen molar-refractivity contribution < 1.29 is 32.6 Å². The number of hydrogen-bond donors (Lipinski definition) is 0. The smallest absolute Gasteiger partial charge is 0.379 e. The van der Waals surface area contributed by atoms with Gasteiger partial charge in [-0.25, -0.2) is 4.79 Å². The number of carbonyl (C=O) groups is 2. The SMILES string of the molecule is COC(=O)/C=C(\CC(=O)OC)OP(=S)(OC)OC. The van der Waals surface area contributed by atoms with Crippen molar-refractivity contribution in [2.75, 3.05) is 28.4 Å². The van der Waals surface area contributed by atoms with Gasteiger partial charge in [-0.2, -0.15) is 0 Å². The molecule has 104 valence electrons. The molecular weight excluding hydrogens is 283 g/mol. The van der Waals surface area contributed by atoms with Crippen LogP contribution in [0, 0.1) is 0 Å². The van der Waals surface area contributed by atoms with Crippen molar-refractivity contribution in [3.8, 4) is 0 Å². The van der Waals surface area contributed by atoms with Crippen LogP contribution < -0.4 is 0 Å². The highest BCUT2D eigenvalue weighted by Gasteiger charge is 2.22. The molecule has 0 saturated heterocycles. The maximum atomic E-state index is 11.2. The highest BCUT2D eigenvalue weighted by molar-refractivity contribution is 8.07. The number of rotatable bonds is 7. The summed E-state index contributed by atoms with van der Waals surface area (Å²) in [6, 6.07) is 0. The summed E-state index contributed by atoms with van der Waals surface area (Å²) in [4.78, 5) is 22.3. The Morgan fingerprint density at radius 1 is 1.11 bits per heavy atom. The van der Waals surface area contributed by atoms with Crippen LogP contribution in [0.2, 0.25) is 0 Å². The normalized spacial score (nSPS) is 11.9. The minimum absolute atomic E-state index is 0.0410. The van der Waals surface area contributed by atoms with Crippen LogP contribution in [-0.4, -0.2) is 40.4 Å². The van der Waals surface area contributed by atoms with Gasteiger partial charge in [-0.05, 0) is 0 Å². The van der Waals surface area contributed by atoms with E-state index in [9.17, 15) is 9.59 Å². The van der Waals surface area contributed by atoms with Crippen molar-refractivity contribution in [3.05, 3.63) is 11.8 Å². The van der Waals surface area contributed by atoms with Crippen LogP contribution in [0.15, 0.2) is 11.8 Å². The molecule has 0 rings (SSSR count). The lowest BCUT2D eigenvalue weighted by molar-refractivity contribution is -0.140. The lowest BCUT2D eigenvalue weighted by Crippen LogP contribution is -2.07. The Kier molecular flexibility index (Phi) is 7.77. The van der Waals surface area contributed by atoms with E-state index < -0.39 is 18.7 Å². The molecule has 0 saturated carbocycles. The summed E-state index contributed by atoms with van der Waals surface area (Å²) in [5.74, 6) is -1.33. The molecule has 7 nitrogen and oxygen atoms in total. The van der Waals surface area contributed by atoms with Crippen LogP contribution in [0.4, 0.5) is 0 Å². The first-order valence-corrected chi connectivity index (χ1v) is 7.22. The number of esters is 2. The summed E-state index contributed by atoms with van der Waals surface area (Å²) in [6.45, 7) is -3.02. The van der Waals surface area contributed by atoms with Gasteiger partial charge in [0.1, 0.15) is 12.2 Å². The fourth-order valence-corrected chi connectivity index (χ4v) is 1.80. The van der Waals surface area contributed by atoms with E-state index in [1.807, 2.05) is 0 Å². The Morgan fingerprint density at radius 2 is 1.67 bits per heavy atom. The van der Waals surface area contributed by atoms with Gasteiger partial charge in [0.25, 0.3) is 0 Å². The van der Waals surface area contributed by atoms with Crippen LogP contribution >= 0.6 is 6.72 Å². The Morgan fingerprint density at radius 3 is 2.06 bits per heavy atom. The summed E-state index contributed by atoms with van der Waals surface area (Å²) < 4.78 is 23.9. The van der Waals surface area contributed by atoms with Crippen molar-refractivity contribution in [2.45, 2.75) is 6.42 Å². The van der Waals surface area contributed by atoms with E-state index in [4.69, 9.17) is 25.4 Å². The largest absolute Gasteiger partial charge is 0.469 e. The predicted molar refractivity (Wildman–Crippen MR) is 66.1 cm³/mol. The second-order valence-corrected chi connectivity index (χ2v) is 5.94. The molecule has 0 amide bonds. The molecule has 0 spiro atoms. The predicted octanol–water partition coefficient (Wildman–Crippen LogP) is 1.14. The van der Waals surface area contributed by atoms with E-state index in [2.05, 4.69) is 9.47 Å². The van der Waals surface area contributed by atoms with Crippen molar-refractivity contribution >= 4 is 30.5 Å². The summed E-state index contributed by atoms with van der Waals surface area (Å²) in [7, 11) is 5.01. The number of ether oxygens (including phenoxy) is 2. The highest BCUT2D eigenvalue weighted by atomic mass is 32.5. The molecule has 0 aromatic rings. The molecule has 0 aliphatic rings. The van der Waals surface area contributed by atoms with Gasteiger partial charge in [-0.1, -0.05) is 0 Å². The Hall–Kier alpha value is -0.950. The van der Waals surface area contributed by atoms with E-state index in [0.29, 0.717) is 0 Å². The molecular formula is C9H15O7PS. The second-order valence-electron chi connectivity index (χ2n) is 2.79. The van der Waals surface area contributed by atoms with E-state index in [1.165, 1.54) is 28.4 Å². The number of carbonyl (C=O) groups excluding carboxylic acids is 2. The topological polar surface area (TPSA) is 80.3 Å². The fourth-order valence-electron chi connectivity index (χ4n) is 0.807. The van der Waals surface area contributed by atoms with E-state index in [-0.39, 0.29) is 12.2 Å². The lowest BCUT2D eigenvalue weighted by atomic mass is 10.3. The maximum absolute atomic E-state index is 11.2. The Bertz CT molecular complexity index is 371. The fraction of sp³-hybridized carbons (Fsp3) is 0.556. The molecule has 0 aromatic carbocycles. The van der Waals surface area contributed by atoms with E-state index in [0.717, 1.165) is 6.08 Å². The van der Waals surface area contributed by atoms with Gasteiger partial charge < -0.3 is 23.0 Å². The molecule has 0 unspecified atom stereocenters. The third-order valence-electron chi connectivity index (χ3n) is 1.70. The maximum Gasteiger partial charge on any atom is 0.379 e. The molecule has 0 fully saturated rings. The van der Waals surface area contributed by atoms with Crippen LogP contribution in [0.1, 0.15) is 6.42 Å². The zero-order valence-corrected chi connectivity index (χ0v) is 12.2. The molecule has 0 aliphatic heterocycles. The first-order chi connectivity index (χ1) is 8.40. The average molecular weight is 298 g/mol. The summed E-state index contributed by atoms with van der Waals surface area (Å²) in [5.41, 5.74) is 0. The minimum atomic E-state index is -3.02. The lowest BCUT2D eigenvalue weighted by Gasteiger charge is -2.19. The monoisotopic (exact) mass is 298 g/mol. The third kappa shape index (κ3) is 6.11. The van der Waals surface area contributed by atoms with Gasteiger partial charge in [0, 0.05) is 26.0 Å². The minimum Gasteiger partial charge on any atom is -0.469 e. The van der Waals surface area contributed by atoms with Crippen molar-refractivity contribution in [1.82, 2.24) is 0 Å². The van der Waals surface area contributed by atoms with Gasteiger partial charge in [0.05, 0.1) is 20.3 Å². The van der Waals surface area contributed by atoms with Gasteiger partial charge in [0.15, 0.2) is 0 Å². The molecule has 0 heterocycles. The molecule has 0 aromatic heterocycles. The molecule has 0 aliphatic carbocycles. The quantitative estimate of drug-likeness (QED) is 0.299. The number of methoxy groups -OCH3 is 2. The van der Waals surface area contributed by atoms with Crippen molar-refractivity contribution in [3.63, 3.8) is 0 Å². The highest BCUT2D eigenvalue weighted by Crippen LogP contribution is 2.50. The van der Waals surface area contributed by atoms with Crippen LogP contribution in [0.3, 0.4) is 0 Å². The Balaban J connectivity index is 4.99. The summed E-state index contributed by atoms with van der Waals surface area (Å²) in [6.07, 6.45) is 0.701. The zero-order chi connectivity index (χ0) is 14.2. The first kappa shape index (κ1) is 17.1. The van der Waals surface area contributed by atoms with Crippen LogP contribution in [-0.2, 0) is 44.4 Å². The van der Waals surface area contributed by atoms with Crippen LogP contribution in [0.25, 0.3) is 0 Å². The van der Waals surface area contributed by atoms with Crippen LogP contribution in [0.5, 0.6) is 0 Å². The van der Waals surface area contributed by atoms with E-state index in [1.54, 1.807) is 0 Å². The van der Waals surface area contributed by atoms with E-state index >= 15 is 0 Å². The van der Waals surface area contributed by atoms with Gasteiger partial charge in [-0.15, -0.1) is 0 Å². The van der Waals surface area contributed by atoms with Gasteiger partial charge in [0.2, 0.25) is 0 Å². The second kappa shape index (κ2) is 8.20. The molecule has 18 heavy (non-hydrogen) atoms. The molecule has 0 N–H and O–H groups in total. The Labute approximate surface area is 110 Å². The third-order valence-corrected chi connectivity index (χ3v) is 4.17. The number of hydrogen-bond acceptors (Lipinski definition) is 8. The molecule has 0 atom stereocenters. The standard InChI is InChI=1S/C9H15O7PS/c1-12-8(10)5-7(6-9(11)13-2)16-17(18,14-3)15-4/h5H,6H2,1-4H3/b7-5+. The van der Waals surface area contributed by atoms with Crippen molar-refractivity contribution in [2.24, 2.45) is 0 Å². The molecule has 0 radical (unpaired) electrons. The summed E-state index contributed by atoms with van der Waals surface area (Å²) in [5, 5.41) is 0. The average Bonchev–Trinajstić information content (AvgIpc) is 2.37. The first-order valence-electron chi connectivity index (χ1n) is 4.67. The molecule has 0 bridgehead atoms.